The van der Waals surface area contributed by atoms with Crippen molar-refractivity contribution < 1.29 is 27.9 Å². The molecular formula is C18H21ClFN3O5. The molecule has 0 bridgehead atoms. The fraction of sp³-hybridized carbons (Fsp3) is 0.389. The van der Waals surface area contributed by atoms with Gasteiger partial charge in [-0.1, -0.05) is 11.6 Å². The highest BCUT2D eigenvalue weighted by Gasteiger charge is 2.19. The maximum Gasteiger partial charge on any atom is 0.360 e. The third kappa shape index (κ3) is 6.21. The molecule has 1 aromatic carbocycles. The number of ether oxygens (including phenoxy) is 2. The molecule has 152 valence electrons. The Hall–Kier alpha value is -2.65. The molecule has 0 spiro atoms. The number of nitrogens with one attached hydrogen (secondary N) is 1. The molecule has 1 aromatic heterocycles. The van der Waals surface area contributed by atoms with E-state index >= 15 is 0 Å². The molecule has 2 rings (SSSR count). The Morgan fingerprint density at radius 3 is 2.86 bits per heavy atom. The van der Waals surface area contributed by atoms with Gasteiger partial charge in [0.25, 0.3) is 0 Å². The zero-order valence-electron chi connectivity index (χ0n) is 15.5. The molecule has 8 nitrogen and oxygen atoms in total. The molecule has 0 saturated heterocycles. The Bertz CT molecular complexity index is 814. The Balaban J connectivity index is 2.08. The van der Waals surface area contributed by atoms with Crippen molar-refractivity contribution in [2.45, 2.75) is 19.9 Å². The summed E-state index contributed by atoms with van der Waals surface area (Å²) in [6.45, 7) is 3.29. The van der Waals surface area contributed by atoms with Crippen LogP contribution in [0.1, 0.15) is 29.7 Å². The van der Waals surface area contributed by atoms with Crippen LogP contribution in [0.2, 0.25) is 5.02 Å². The Morgan fingerprint density at radius 1 is 1.39 bits per heavy atom. The summed E-state index contributed by atoms with van der Waals surface area (Å²) in [6.07, 6.45) is 1.74. The average Bonchev–Trinajstić information content (AvgIpc) is 3.15. The molecule has 0 unspecified atom stereocenters. The highest BCUT2D eigenvalue weighted by Crippen LogP contribution is 2.20. The molecule has 1 heterocycles. The van der Waals surface area contributed by atoms with Gasteiger partial charge in [0.1, 0.15) is 12.1 Å². The van der Waals surface area contributed by atoms with Gasteiger partial charge < -0.3 is 24.1 Å². The third-order valence-electron chi connectivity index (χ3n) is 3.65. The smallest absolute Gasteiger partial charge is 0.360 e. The maximum absolute atomic E-state index is 13.3. The van der Waals surface area contributed by atoms with E-state index in [1.165, 1.54) is 24.1 Å². The monoisotopic (exact) mass is 413 g/mol. The number of aromatic nitrogens is 1. The predicted octanol–water partition coefficient (Wildman–Crippen LogP) is 3.71. The number of urea groups is 1. The molecule has 2 aromatic rings. The third-order valence-corrected chi connectivity index (χ3v) is 3.94. The lowest BCUT2D eigenvalue weighted by Gasteiger charge is -2.21. The molecular weight excluding hydrogens is 393 g/mol. The minimum Gasteiger partial charge on any atom is -0.464 e. The number of anilines is 1. The van der Waals surface area contributed by atoms with Crippen molar-refractivity contribution in [3.05, 3.63) is 46.9 Å². The van der Waals surface area contributed by atoms with Gasteiger partial charge in [0.15, 0.2) is 5.69 Å². The number of nitrogens with zero attached hydrogens (tertiary/aromatic N) is 2. The Kier molecular flexibility index (Phi) is 8.21. The molecule has 0 saturated carbocycles. The largest absolute Gasteiger partial charge is 0.464 e. The van der Waals surface area contributed by atoms with Crippen LogP contribution in [0.15, 0.2) is 28.9 Å². The molecule has 0 fully saturated rings. The molecule has 0 radical (unpaired) electrons. The van der Waals surface area contributed by atoms with E-state index < -0.39 is 17.8 Å². The molecule has 0 atom stereocenters. The van der Waals surface area contributed by atoms with Gasteiger partial charge in [-0.15, -0.1) is 0 Å². The molecule has 0 aliphatic heterocycles. The fourth-order valence-corrected chi connectivity index (χ4v) is 2.46. The summed E-state index contributed by atoms with van der Waals surface area (Å²) in [7, 11) is 1.23. The van der Waals surface area contributed by atoms with Crippen LogP contribution in [-0.2, 0) is 16.0 Å². The number of carbonyl (C=O) groups is 2. The maximum atomic E-state index is 13.3. The summed E-state index contributed by atoms with van der Waals surface area (Å²) in [4.78, 5) is 29.6. The van der Waals surface area contributed by atoms with Gasteiger partial charge in [0.05, 0.1) is 18.7 Å². The van der Waals surface area contributed by atoms with Gasteiger partial charge in [-0.2, -0.15) is 0 Å². The van der Waals surface area contributed by atoms with Gasteiger partial charge in [-0.25, -0.2) is 19.0 Å². The van der Waals surface area contributed by atoms with Gasteiger partial charge in [-0.05, 0) is 31.5 Å². The summed E-state index contributed by atoms with van der Waals surface area (Å²) >= 11 is 5.75. The zero-order chi connectivity index (χ0) is 20.5. The van der Waals surface area contributed by atoms with E-state index in [1.807, 2.05) is 6.92 Å². The lowest BCUT2D eigenvalue weighted by atomic mass is 10.3. The first kappa shape index (κ1) is 21.6. The van der Waals surface area contributed by atoms with Gasteiger partial charge in [-0.3, -0.25) is 0 Å². The fourth-order valence-electron chi connectivity index (χ4n) is 2.28. The highest BCUT2D eigenvalue weighted by molar-refractivity contribution is 6.31. The summed E-state index contributed by atoms with van der Waals surface area (Å²) in [5.74, 6) is -1.05. The minimum absolute atomic E-state index is 0.0116. The topological polar surface area (TPSA) is 93.9 Å². The van der Waals surface area contributed by atoms with E-state index in [9.17, 15) is 14.0 Å². The van der Waals surface area contributed by atoms with E-state index in [-0.39, 0.29) is 23.2 Å². The second kappa shape index (κ2) is 10.6. The number of hydrogen-bond donors (Lipinski definition) is 1. The number of esters is 1. The van der Waals surface area contributed by atoms with Crippen LogP contribution in [0.4, 0.5) is 14.9 Å². The van der Waals surface area contributed by atoms with Crippen molar-refractivity contribution in [3.8, 4) is 0 Å². The van der Waals surface area contributed by atoms with Gasteiger partial charge in [0.2, 0.25) is 5.89 Å². The zero-order valence-corrected chi connectivity index (χ0v) is 16.3. The van der Waals surface area contributed by atoms with Crippen molar-refractivity contribution >= 4 is 29.3 Å². The Labute approximate surface area is 166 Å². The van der Waals surface area contributed by atoms with E-state index in [0.29, 0.717) is 31.9 Å². The number of amides is 2. The standard InChI is InChI=1S/C18H21ClFN3O5/c1-3-27-8-4-7-23(10-16-22-15(11-28-16)17(24)26-2)18(25)21-12-5-6-14(20)13(19)9-12/h5-6,9,11H,3-4,7-8,10H2,1-2H3,(H,21,25). The molecule has 10 heteroatoms. The SMILES string of the molecule is CCOCCCN(Cc1nc(C(=O)OC)co1)C(=O)Nc1ccc(F)c(Cl)c1. The Morgan fingerprint density at radius 2 is 2.18 bits per heavy atom. The molecule has 0 aliphatic carbocycles. The summed E-state index contributed by atoms with van der Waals surface area (Å²) < 4.78 is 28.4. The van der Waals surface area contributed by atoms with Gasteiger partial charge in [0, 0.05) is 25.4 Å². The number of benzene rings is 1. The lowest BCUT2D eigenvalue weighted by molar-refractivity contribution is 0.0594. The van der Waals surface area contributed by atoms with Crippen molar-refractivity contribution in [3.63, 3.8) is 0 Å². The van der Waals surface area contributed by atoms with E-state index in [4.69, 9.17) is 20.8 Å². The number of rotatable bonds is 9. The van der Waals surface area contributed by atoms with Crippen LogP contribution < -0.4 is 5.32 Å². The van der Waals surface area contributed by atoms with Crippen molar-refractivity contribution in [1.82, 2.24) is 9.88 Å². The molecule has 1 N–H and O–H groups in total. The van der Waals surface area contributed by atoms with Crippen LogP contribution in [-0.4, -0.2) is 48.8 Å². The lowest BCUT2D eigenvalue weighted by Crippen LogP contribution is -2.36. The van der Waals surface area contributed by atoms with E-state index in [0.717, 1.165) is 12.3 Å². The highest BCUT2D eigenvalue weighted by atomic mass is 35.5. The summed E-state index contributed by atoms with van der Waals surface area (Å²) in [5, 5.41) is 2.55. The first-order valence-corrected chi connectivity index (χ1v) is 8.93. The van der Waals surface area contributed by atoms with Crippen LogP contribution in [0.25, 0.3) is 0 Å². The van der Waals surface area contributed by atoms with Crippen molar-refractivity contribution in [1.29, 1.82) is 0 Å². The van der Waals surface area contributed by atoms with Gasteiger partial charge >= 0.3 is 12.0 Å². The number of oxazole rings is 1. The summed E-state index contributed by atoms with van der Waals surface area (Å²) in [5.41, 5.74) is 0.353. The number of halogens is 2. The second-order valence-electron chi connectivity index (χ2n) is 5.65. The number of methoxy groups -OCH3 is 1. The van der Waals surface area contributed by atoms with Crippen LogP contribution in [0.5, 0.6) is 0 Å². The van der Waals surface area contributed by atoms with Crippen LogP contribution >= 0.6 is 11.6 Å². The van der Waals surface area contributed by atoms with Crippen molar-refractivity contribution in [2.24, 2.45) is 0 Å². The first-order chi connectivity index (χ1) is 13.4. The molecule has 28 heavy (non-hydrogen) atoms. The number of hydrogen-bond acceptors (Lipinski definition) is 6. The quantitative estimate of drug-likeness (QED) is 0.497. The van der Waals surface area contributed by atoms with E-state index in [1.54, 1.807) is 0 Å². The molecule has 0 aliphatic rings. The normalized spacial score (nSPS) is 10.6. The minimum atomic E-state index is -0.636. The van der Waals surface area contributed by atoms with Crippen molar-refractivity contribution in [2.75, 3.05) is 32.2 Å². The second-order valence-corrected chi connectivity index (χ2v) is 6.06. The molecule has 2 amide bonds. The van der Waals surface area contributed by atoms with E-state index in [2.05, 4.69) is 15.0 Å². The van der Waals surface area contributed by atoms with Crippen LogP contribution in [0, 0.1) is 5.82 Å². The summed E-state index contributed by atoms with van der Waals surface area (Å²) in [6, 6.07) is 3.41. The first-order valence-electron chi connectivity index (χ1n) is 8.56. The average molecular weight is 414 g/mol. The van der Waals surface area contributed by atoms with Crippen LogP contribution in [0.3, 0.4) is 0 Å². The number of carbonyl (C=O) groups excluding carboxylic acids is 2. The predicted molar refractivity (Wildman–Crippen MR) is 99.8 cm³/mol.